The van der Waals surface area contributed by atoms with Gasteiger partial charge in [0.25, 0.3) is 0 Å². The number of hydrogen-bond acceptors (Lipinski definition) is 2. The fraction of sp³-hybridized carbons (Fsp3) is 0.385. The molecule has 0 aliphatic carbocycles. The van der Waals surface area contributed by atoms with Crippen LogP contribution in [0.25, 0.3) is 0 Å². The molecule has 0 bridgehead atoms. The predicted molar refractivity (Wildman–Crippen MR) is 64.5 cm³/mol. The molecular formula is C13H17NO3. The summed E-state index contributed by atoms with van der Waals surface area (Å²) >= 11 is 0. The summed E-state index contributed by atoms with van der Waals surface area (Å²) in [7, 11) is 0. The van der Waals surface area contributed by atoms with Gasteiger partial charge in [-0.25, -0.2) is 0 Å². The molecule has 1 unspecified atom stereocenters. The number of carboxylic acid groups (broad SMARTS) is 1. The molecule has 0 aromatic heterocycles. The van der Waals surface area contributed by atoms with Crippen molar-refractivity contribution in [1.82, 2.24) is 0 Å². The number of amides is 1. The summed E-state index contributed by atoms with van der Waals surface area (Å²) < 4.78 is 0. The van der Waals surface area contributed by atoms with Crippen molar-refractivity contribution in [3.63, 3.8) is 0 Å². The minimum atomic E-state index is -0.962. The second-order valence-electron chi connectivity index (χ2n) is 4.32. The molecule has 4 heteroatoms. The number of primary amides is 1. The van der Waals surface area contributed by atoms with Crippen molar-refractivity contribution >= 4 is 11.9 Å². The number of benzene rings is 1. The fourth-order valence-corrected chi connectivity index (χ4v) is 1.80. The van der Waals surface area contributed by atoms with Crippen molar-refractivity contribution in [3.05, 3.63) is 35.9 Å². The highest BCUT2D eigenvalue weighted by atomic mass is 16.4. The summed E-state index contributed by atoms with van der Waals surface area (Å²) in [6, 6.07) is 9.04. The van der Waals surface area contributed by atoms with Crippen LogP contribution in [0.3, 0.4) is 0 Å². The first-order valence-electron chi connectivity index (χ1n) is 5.54. The summed E-state index contributed by atoms with van der Waals surface area (Å²) in [6.07, 6.45) is 1.10. The van der Waals surface area contributed by atoms with Crippen LogP contribution in [0.1, 0.15) is 31.7 Å². The van der Waals surface area contributed by atoms with Crippen LogP contribution >= 0.6 is 0 Å². The van der Waals surface area contributed by atoms with E-state index in [9.17, 15) is 14.7 Å². The summed E-state index contributed by atoms with van der Waals surface area (Å²) in [5.41, 5.74) is 4.84. The van der Waals surface area contributed by atoms with Gasteiger partial charge < -0.3 is 10.8 Å². The Morgan fingerprint density at radius 2 is 1.88 bits per heavy atom. The molecule has 3 N–H and O–H groups in total. The molecule has 0 saturated carbocycles. The van der Waals surface area contributed by atoms with Gasteiger partial charge in [0.2, 0.25) is 5.91 Å². The predicted octanol–water partition coefficient (Wildman–Crippen LogP) is 1.68. The van der Waals surface area contributed by atoms with Crippen molar-refractivity contribution in [2.24, 2.45) is 5.73 Å². The van der Waals surface area contributed by atoms with E-state index >= 15 is 0 Å². The third-order valence-electron chi connectivity index (χ3n) is 2.98. The number of aliphatic carboxylic acids is 1. The second-order valence-corrected chi connectivity index (χ2v) is 4.32. The number of hydrogen-bond donors (Lipinski definition) is 2. The Bertz CT molecular complexity index is 402. The largest absolute Gasteiger partial charge is 0.481 e. The Balaban J connectivity index is 2.83. The van der Waals surface area contributed by atoms with Crippen LogP contribution in [0.4, 0.5) is 0 Å². The van der Waals surface area contributed by atoms with E-state index in [1.807, 2.05) is 18.2 Å². The topological polar surface area (TPSA) is 80.4 Å². The van der Waals surface area contributed by atoms with Crippen LogP contribution in [-0.4, -0.2) is 17.0 Å². The zero-order valence-electron chi connectivity index (χ0n) is 9.85. The lowest BCUT2D eigenvalue weighted by Crippen LogP contribution is -2.32. The van der Waals surface area contributed by atoms with Crippen LogP contribution in [-0.2, 0) is 15.0 Å². The van der Waals surface area contributed by atoms with E-state index in [0.717, 1.165) is 5.56 Å². The van der Waals surface area contributed by atoms with Crippen molar-refractivity contribution in [2.75, 3.05) is 0 Å². The SMILES string of the molecule is CC(CCCC(N)=O)(C(=O)O)c1ccccc1. The first-order valence-corrected chi connectivity index (χ1v) is 5.54. The molecule has 4 nitrogen and oxygen atoms in total. The molecule has 0 radical (unpaired) electrons. The maximum atomic E-state index is 11.4. The minimum Gasteiger partial charge on any atom is -0.481 e. The van der Waals surface area contributed by atoms with Gasteiger partial charge in [0, 0.05) is 6.42 Å². The molecule has 1 rings (SSSR count). The summed E-state index contributed by atoms with van der Waals surface area (Å²) in [5, 5.41) is 9.33. The van der Waals surface area contributed by atoms with Crippen LogP contribution in [0, 0.1) is 0 Å². The average molecular weight is 235 g/mol. The third-order valence-corrected chi connectivity index (χ3v) is 2.98. The third kappa shape index (κ3) is 3.31. The first kappa shape index (κ1) is 13.2. The molecule has 0 saturated heterocycles. The monoisotopic (exact) mass is 235 g/mol. The fourth-order valence-electron chi connectivity index (χ4n) is 1.80. The van der Waals surface area contributed by atoms with E-state index in [1.165, 1.54) is 0 Å². The molecule has 1 aromatic rings. The van der Waals surface area contributed by atoms with Gasteiger partial charge in [-0.2, -0.15) is 0 Å². The lowest BCUT2D eigenvalue weighted by atomic mass is 9.78. The Morgan fingerprint density at radius 3 is 2.35 bits per heavy atom. The number of carbonyl (C=O) groups excluding carboxylic acids is 1. The molecule has 0 aliphatic heterocycles. The summed E-state index contributed by atoms with van der Waals surface area (Å²) in [5.74, 6) is -1.28. The number of carboxylic acids is 1. The summed E-state index contributed by atoms with van der Waals surface area (Å²) in [6.45, 7) is 1.67. The number of rotatable bonds is 6. The van der Waals surface area contributed by atoms with Gasteiger partial charge in [-0.05, 0) is 25.3 Å². The first-order chi connectivity index (χ1) is 7.97. The zero-order chi connectivity index (χ0) is 12.9. The molecule has 1 aromatic carbocycles. The van der Waals surface area contributed by atoms with Gasteiger partial charge in [0.15, 0.2) is 0 Å². The lowest BCUT2D eigenvalue weighted by Gasteiger charge is -2.25. The van der Waals surface area contributed by atoms with Gasteiger partial charge in [-0.3, -0.25) is 9.59 Å². The summed E-state index contributed by atoms with van der Waals surface area (Å²) in [4.78, 5) is 22.0. The number of carbonyl (C=O) groups is 2. The molecule has 17 heavy (non-hydrogen) atoms. The molecule has 92 valence electrons. The van der Waals surface area contributed by atoms with Gasteiger partial charge >= 0.3 is 5.97 Å². The van der Waals surface area contributed by atoms with Gasteiger partial charge in [-0.15, -0.1) is 0 Å². The van der Waals surface area contributed by atoms with Crippen LogP contribution in [0.15, 0.2) is 30.3 Å². The molecule has 1 amide bonds. The molecule has 1 atom stereocenters. The smallest absolute Gasteiger partial charge is 0.313 e. The average Bonchev–Trinajstić information content (AvgIpc) is 2.29. The molecule has 0 fully saturated rings. The van der Waals surface area contributed by atoms with E-state index in [4.69, 9.17) is 5.73 Å². The standard InChI is InChI=1S/C13H17NO3/c1-13(12(16)17,9-5-8-11(14)15)10-6-3-2-4-7-10/h2-4,6-7H,5,8-9H2,1H3,(H2,14,15)(H,16,17). The van der Waals surface area contributed by atoms with Crippen molar-refractivity contribution in [1.29, 1.82) is 0 Å². The van der Waals surface area contributed by atoms with E-state index in [2.05, 4.69) is 0 Å². The Morgan fingerprint density at radius 1 is 1.29 bits per heavy atom. The Hall–Kier alpha value is -1.84. The Labute approximate surface area is 100 Å². The van der Waals surface area contributed by atoms with Gasteiger partial charge in [0.1, 0.15) is 0 Å². The van der Waals surface area contributed by atoms with E-state index in [0.29, 0.717) is 12.8 Å². The van der Waals surface area contributed by atoms with E-state index in [1.54, 1.807) is 19.1 Å². The van der Waals surface area contributed by atoms with Crippen molar-refractivity contribution in [3.8, 4) is 0 Å². The highest BCUT2D eigenvalue weighted by molar-refractivity contribution is 5.81. The molecular weight excluding hydrogens is 218 g/mol. The van der Waals surface area contributed by atoms with Gasteiger partial charge in [0.05, 0.1) is 5.41 Å². The highest BCUT2D eigenvalue weighted by Gasteiger charge is 2.34. The van der Waals surface area contributed by atoms with Gasteiger partial charge in [-0.1, -0.05) is 30.3 Å². The normalized spacial score (nSPS) is 13.9. The maximum Gasteiger partial charge on any atom is 0.313 e. The van der Waals surface area contributed by atoms with E-state index in [-0.39, 0.29) is 6.42 Å². The second kappa shape index (κ2) is 5.48. The lowest BCUT2D eigenvalue weighted by molar-refractivity contribution is -0.143. The number of nitrogens with two attached hydrogens (primary N) is 1. The minimum absolute atomic E-state index is 0.218. The molecule has 0 spiro atoms. The highest BCUT2D eigenvalue weighted by Crippen LogP contribution is 2.29. The van der Waals surface area contributed by atoms with Crippen LogP contribution in [0.2, 0.25) is 0 Å². The van der Waals surface area contributed by atoms with Crippen LogP contribution < -0.4 is 5.73 Å². The zero-order valence-corrected chi connectivity index (χ0v) is 9.85. The van der Waals surface area contributed by atoms with E-state index < -0.39 is 17.3 Å². The van der Waals surface area contributed by atoms with Crippen molar-refractivity contribution < 1.29 is 14.7 Å². The Kier molecular flexibility index (Phi) is 4.26. The van der Waals surface area contributed by atoms with Crippen molar-refractivity contribution in [2.45, 2.75) is 31.6 Å². The van der Waals surface area contributed by atoms with Crippen LogP contribution in [0.5, 0.6) is 0 Å². The molecule has 0 aliphatic rings. The maximum absolute atomic E-state index is 11.4. The molecule has 0 heterocycles. The quantitative estimate of drug-likeness (QED) is 0.787.